The summed E-state index contributed by atoms with van der Waals surface area (Å²) in [5, 5.41) is 2.87. The summed E-state index contributed by atoms with van der Waals surface area (Å²) in [5.41, 5.74) is 4.31. The van der Waals surface area contributed by atoms with Crippen LogP contribution >= 0.6 is 0 Å². The van der Waals surface area contributed by atoms with E-state index in [2.05, 4.69) is 31.3 Å². The first-order chi connectivity index (χ1) is 11.0. The molecule has 1 N–H and O–H groups in total. The Labute approximate surface area is 138 Å². The molecule has 0 aliphatic rings. The molecule has 1 amide bonds. The van der Waals surface area contributed by atoms with Gasteiger partial charge in [-0.3, -0.25) is 4.79 Å². The van der Waals surface area contributed by atoms with Crippen molar-refractivity contribution in [1.29, 1.82) is 0 Å². The molecule has 23 heavy (non-hydrogen) atoms. The van der Waals surface area contributed by atoms with Crippen molar-refractivity contribution in [2.24, 2.45) is 0 Å². The maximum Gasteiger partial charge on any atom is 0.262 e. The van der Waals surface area contributed by atoms with E-state index in [9.17, 15) is 4.79 Å². The number of anilines is 1. The van der Waals surface area contributed by atoms with Crippen LogP contribution in [-0.2, 0) is 4.79 Å². The smallest absolute Gasteiger partial charge is 0.262 e. The van der Waals surface area contributed by atoms with Crippen molar-refractivity contribution in [2.75, 3.05) is 11.9 Å². The maximum absolute atomic E-state index is 12.0. The van der Waals surface area contributed by atoms with Gasteiger partial charge >= 0.3 is 0 Å². The fourth-order valence-electron chi connectivity index (χ4n) is 2.35. The lowest BCUT2D eigenvalue weighted by atomic mass is 9.99. The summed E-state index contributed by atoms with van der Waals surface area (Å²) in [7, 11) is 0. The summed E-state index contributed by atoms with van der Waals surface area (Å²) >= 11 is 0. The first-order valence-electron chi connectivity index (χ1n) is 8.10. The van der Waals surface area contributed by atoms with Gasteiger partial charge in [0.2, 0.25) is 0 Å². The minimum atomic E-state index is -0.151. The molecule has 0 heterocycles. The highest BCUT2D eigenvalue weighted by molar-refractivity contribution is 5.91. The van der Waals surface area contributed by atoms with E-state index in [0.717, 1.165) is 29.0 Å². The van der Waals surface area contributed by atoms with Crippen molar-refractivity contribution in [3.05, 3.63) is 59.2 Å². The second kappa shape index (κ2) is 7.82. The number of benzene rings is 2. The van der Waals surface area contributed by atoms with Crippen molar-refractivity contribution in [3.8, 4) is 5.75 Å². The van der Waals surface area contributed by atoms with Gasteiger partial charge in [-0.15, -0.1) is 0 Å². The Hall–Kier alpha value is -2.29. The molecule has 1 atom stereocenters. The number of amides is 1. The first-order valence-corrected chi connectivity index (χ1v) is 8.10. The SMILES string of the molecule is CCC(C)c1ccc(NC(=O)COc2cccc(C)c2C)cc1. The van der Waals surface area contributed by atoms with Gasteiger partial charge in [0.25, 0.3) is 5.91 Å². The molecule has 3 heteroatoms. The van der Waals surface area contributed by atoms with Crippen molar-refractivity contribution in [2.45, 2.75) is 40.0 Å². The highest BCUT2D eigenvalue weighted by atomic mass is 16.5. The van der Waals surface area contributed by atoms with Crippen molar-refractivity contribution in [1.82, 2.24) is 0 Å². The predicted octanol–water partition coefficient (Wildman–Crippen LogP) is 4.83. The van der Waals surface area contributed by atoms with Crippen LogP contribution in [0.1, 0.15) is 42.9 Å². The first kappa shape index (κ1) is 17.1. The predicted molar refractivity (Wildman–Crippen MR) is 95.2 cm³/mol. The Morgan fingerprint density at radius 2 is 1.83 bits per heavy atom. The van der Waals surface area contributed by atoms with Gasteiger partial charge in [-0.05, 0) is 61.1 Å². The number of ether oxygens (including phenoxy) is 1. The normalized spacial score (nSPS) is 11.8. The monoisotopic (exact) mass is 311 g/mol. The van der Waals surface area contributed by atoms with Gasteiger partial charge in [0, 0.05) is 5.69 Å². The lowest BCUT2D eigenvalue weighted by Gasteiger charge is -2.12. The lowest BCUT2D eigenvalue weighted by Crippen LogP contribution is -2.20. The van der Waals surface area contributed by atoms with Crippen molar-refractivity contribution in [3.63, 3.8) is 0 Å². The van der Waals surface area contributed by atoms with E-state index < -0.39 is 0 Å². The Bertz CT molecular complexity index is 662. The van der Waals surface area contributed by atoms with Gasteiger partial charge < -0.3 is 10.1 Å². The molecule has 2 aromatic rings. The zero-order valence-corrected chi connectivity index (χ0v) is 14.3. The largest absolute Gasteiger partial charge is 0.483 e. The molecule has 3 nitrogen and oxygen atoms in total. The summed E-state index contributed by atoms with van der Waals surface area (Å²) in [4.78, 5) is 12.0. The van der Waals surface area contributed by atoms with E-state index in [1.54, 1.807) is 0 Å². The number of rotatable bonds is 6. The molecular weight excluding hydrogens is 286 g/mol. The molecule has 0 saturated carbocycles. The van der Waals surface area contributed by atoms with E-state index in [0.29, 0.717) is 5.92 Å². The quantitative estimate of drug-likeness (QED) is 0.829. The average Bonchev–Trinajstić information content (AvgIpc) is 2.56. The highest BCUT2D eigenvalue weighted by Gasteiger charge is 2.07. The second-order valence-corrected chi connectivity index (χ2v) is 5.97. The van der Waals surface area contributed by atoms with Crippen molar-refractivity contribution >= 4 is 11.6 Å². The molecule has 0 aliphatic carbocycles. The number of carbonyl (C=O) groups excluding carboxylic acids is 1. The van der Waals surface area contributed by atoms with Crippen LogP contribution in [0.3, 0.4) is 0 Å². The fourth-order valence-corrected chi connectivity index (χ4v) is 2.35. The minimum Gasteiger partial charge on any atom is -0.483 e. The third-order valence-electron chi connectivity index (χ3n) is 4.29. The molecule has 0 aromatic heterocycles. The van der Waals surface area contributed by atoms with Gasteiger partial charge in [0.1, 0.15) is 5.75 Å². The topological polar surface area (TPSA) is 38.3 Å². The molecule has 0 aliphatic heterocycles. The van der Waals surface area contributed by atoms with E-state index in [4.69, 9.17) is 4.74 Å². The second-order valence-electron chi connectivity index (χ2n) is 5.97. The summed E-state index contributed by atoms with van der Waals surface area (Å²) in [5.74, 6) is 1.14. The van der Waals surface area contributed by atoms with Crippen LogP contribution in [0.15, 0.2) is 42.5 Å². The van der Waals surface area contributed by atoms with Crippen LogP contribution in [0.25, 0.3) is 0 Å². The lowest BCUT2D eigenvalue weighted by molar-refractivity contribution is -0.118. The summed E-state index contributed by atoms with van der Waals surface area (Å²) < 4.78 is 5.62. The molecule has 0 radical (unpaired) electrons. The highest BCUT2D eigenvalue weighted by Crippen LogP contribution is 2.21. The Kier molecular flexibility index (Phi) is 5.80. The third kappa shape index (κ3) is 4.59. The number of hydrogen-bond acceptors (Lipinski definition) is 2. The number of carbonyl (C=O) groups is 1. The fraction of sp³-hybridized carbons (Fsp3) is 0.350. The third-order valence-corrected chi connectivity index (χ3v) is 4.29. The molecule has 0 spiro atoms. The average molecular weight is 311 g/mol. The molecule has 122 valence electrons. The van der Waals surface area contributed by atoms with Gasteiger partial charge in [-0.2, -0.15) is 0 Å². The molecular formula is C20H25NO2. The summed E-state index contributed by atoms with van der Waals surface area (Å²) in [6.45, 7) is 8.41. The number of nitrogens with one attached hydrogen (secondary N) is 1. The maximum atomic E-state index is 12.0. The molecule has 2 rings (SSSR count). The summed E-state index contributed by atoms with van der Waals surface area (Å²) in [6.07, 6.45) is 1.11. The van der Waals surface area contributed by atoms with E-state index in [1.807, 2.05) is 44.2 Å². The van der Waals surface area contributed by atoms with E-state index in [1.165, 1.54) is 5.56 Å². The van der Waals surface area contributed by atoms with Crippen molar-refractivity contribution < 1.29 is 9.53 Å². The number of aryl methyl sites for hydroxylation is 1. The zero-order chi connectivity index (χ0) is 16.8. The standard InChI is InChI=1S/C20H25NO2/c1-5-14(2)17-9-11-18(12-10-17)21-20(22)13-23-19-8-6-7-15(3)16(19)4/h6-12,14H,5,13H2,1-4H3,(H,21,22). The minimum absolute atomic E-state index is 0.0113. The molecule has 2 aromatic carbocycles. The number of hydrogen-bond donors (Lipinski definition) is 1. The Morgan fingerprint density at radius 1 is 1.13 bits per heavy atom. The molecule has 0 bridgehead atoms. The Balaban J connectivity index is 1.91. The van der Waals surface area contributed by atoms with Crippen LogP contribution in [0, 0.1) is 13.8 Å². The Morgan fingerprint density at radius 3 is 2.48 bits per heavy atom. The van der Waals surface area contributed by atoms with E-state index in [-0.39, 0.29) is 12.5 Å². The van der Waals surface area contributed by atoms with Crippen LogP contribution in [-0.4, -0.2) is 12.5 Å². The molecule has 1 unspecified atom stereocenters. The van der Waals surface area contributed by atoms with Crippen LogP contribution in [0.2, 0.25) is 0 Å². The van der Waals surface area contributed by atoms with Gasteiger partial charge in [0.05, 0.1) is 0 Å². The van der Waals surface area contributed by atoms with Gasteiger partial charge in [-0.1, -0.05) is 38.1 Å². The van der Waals surface area contributed by atoms with Crippen LogP contribution < -0.4 is 10.1 Å². The zero-order valence-electron chi connectivity index (χ0n) is 14.3. The van der Waals surface area contributed by atoms with Gasteiger partial charge in [0.15, 0.2) is 6.61 Å². The van der Waals surface area contributed by atoms with Gasteiger partial charge in [-0.25, -0.2) is 0 Å². The van der Waals surface area contributed by atoms with Crippen LogP contribution in [0.4, 0.5) is 5.69 Å². The van der Waals surface area contributed by atoms with Crippen LogP contribution in [0.5, 0.6) is 5.75 Å². The molecule has 0 fully saturated rings. The molecule has 0 saturated heterocycles. The summed E-state index contributed by atoms with van der Waals surface area (Å²) in [6, 6.07) is 13.9. The van der Waals surface area contributed by atoms with E-state index >= 15 is 0 Å².